The molecule has 0 radical (unpaired) electrons. The van der Waals surface area contributed by atoms with Gasteiger partial charge < -0.3 is 64.5 Å². The van der Waals surface area contributed by atoms with Crippen molar-refractivity contribution in [2.75, 3.05) is 19.8 Å². The summed E-state index contributed by atoms with van der Waals surface area (Å²) in [5, 5.41) is 87.1. The molecule has 17 atom stereocenters. The molecule has 0 aromatic rings. The lowest BCUT2D eigenvalue weighted by atomic mass is 9.41. The Hall–Kier alpha value is -1.27. The van der Waals surface area contributed by atoms with Crippen molar-refractivity contribution in [1.29, 1.82) is 0 Å². The maximum absolute atomic E-state index is 12.5. The Kier molecular flexibility index (Phi) is 9.57. The number of ether oxygens (including phenoxy) is 5. The smallest absolute Gasteiger partial charge is 0.331 e. The monoisotopic (exact) mass is 698 g/mol. The van der Waals surface area contributed by atoms with Gasteiger partial charge in [-0.2, -0.15) is 0 Å². The van der Waals surface area contributed by atoms with Crippen LogP contribution in [0.5, 0.6) is 0 Å². The molecule has 3 heterocycles. The van der Waals surface area contributed by atoms with Gasteiger partial charge in [0.15, 0.2) is 12.6 Å². The van der Waals surface area contributed by atoms with Crippen LogP contribution in [0.3, 0.4) is 0 Å². The molecule has 0 bridgehead atoms. The lowest BCUT2D eigenvalue weighted by Gasteiger charge is -2.66. The summed E-state index contributed by atoms with van der Waals surface area (Å²) in [4.78, 5) is 11.9. The highest BCUT2D eigenvalue weighted by Crippen LogP contribution is 2.70. The topological polar surface area (TPSA) is 225 Å². The third-order valence-electron chi connectivity index (χ3n) is 14.2. The first-order valence-corrected chi connectivity index (χ1v) is 18.1. The Balaban J connectivity index is 1.000. The van der Waals surface area contributed by atoms with Gasteiger partial charge in [-0.1, -0.05) is 6.92 Å². The Morgan fingerprint density at radius 2 is 1.65 bits per heavy atom. The first kappa shape index (κ1) is 36.1. The van der Waals surface area contributed by atoms with Crippen LogP contribution in [0.15, 0.2) is 11.6 Å². The number of carbonyl (C=O) groups is 1. The molecule has 0 aromatic heterocycles. The fourth-order valence-corrected chi connectivity index (χ4v) is 11.5. The van der Waals surface area contributed by atoms with Crippen LogP contribution in [0.25, 0.3) is 0 Å². The zero-order valence-corrected chi connectivity index (χ0v) is 28.3. The second-order valence-electron chi connectivity index (χ2n) is 16.3. The van der Waals surface area contributed by atoms with Crippen molar-refractivity contribution < 1.29 is 69.3 Å². The second kappa shape index (κ2) is 13.0. The summed E-state index contributed by atoms with van der Waals surface area (Å²) in [6, 6.07) is 0. The van der Waals surface area contributed by atoms with E-state index in [0.29, 0.717) is 32.1 Å². The molecule has 4 aliphatic carbocycles. The van der Waals surface area contributed by atoms with E-state index in [9.17, 15) is 45.6 Å². The molecule has 14 heteroatoms. The van der Waals surface area contributed by atoms with Gasteiger partial charge in [-0.05, 0) is 81.6 Å². The molecular formula is C35H54O14. The van der Waals surface area contributed by atoms with Crippen LogP contribution in [-0.4, -0.2) is 139 Å². The van der Waals surface area contributed by atoms with E-state index in [4.69, 9.17) is 23.7 Å². The summed E-state index contributed by atoms with van der Waals surface area (Å²) < 4.78 is 28.9. The van der Waals surface area contributed by atoms with E-state index in [1.54, 1.807) is 13.0 Å². The SMILES string of the molecule is C[C@@H]1O[C@H](O[C@@H]2CC[C@]3(CO)[C@@H]4CC[C@]5(C)[C@@H](C6=CC(=O)OC6)CC[C@]5(O)[C@H]4CC[C@]3(O)C2)C[C@H](O)[C@H]1O[C@H]1O[C@@H](CO)[C@H](O)[C@@H](O)[C@@H]1O. The van der Waals surface area contributed by atoms with E-state index in [-0.39, 0.29) is 49.8 Å². The minimum Gasteiger partial charge on any atom is -0.458 e. The van der Waals surface area contributed by atoms with Crippen molar-refractivity contribution in [3.63, 3.8) is 0 Å². The lowest BCUT2D eigenvalue weighted by Crippen LogP contribution is -2.69. The highest BCUT2D eigenvalue weighted by Gasteiger charge is 2.71. The Morgan fingerprint density at radius 3 is 2.33 bits per heavy atom. The largest absolute Gasteiger partial charge is 0.458 e. The molecule has 8 N–H and O–H groups in total. The van der Waals surface area contributed by atoms with Gasteiger partial charge in [-0.25, -0.2) is 4.79 Å². The maximum Gasteiger partial charge on any atom is 0.331 e. The molecule has 0 aromatic carbocycles. The Bertz CT molecular complexity index is 1270. The van der Waals surface area contributed by atoms with E-state index in [1.807, 2.05) is 0 Å². The van der Waals surface area contributed by atoms with E-state index in [0.717, 1.165) is 24.8 Å². The van der Waals surface area contributed by atoms with Gasteiger partial charge in [-0.3, -0.25) is 0 Å². The van der Waals surface area contributed by atoms with Crippen LogP contribution >= 0.6 is 0 Å². The first-order valence-electron chi connectivity index (χ1n) is 18.1. The lowest BCUT2D eigenvalue weighted by molar-refractivity contribution is -0.346. The van der Waals surface area contributed by atoms with E-state index in [1.165, 1.54) is 0 Å². The molecule has 49 heavy (non-hydrogen) atoms. The second-order valence-corrected chi connectivity index (χ2v) is 16.3. The fraction of sp³-hybridized carbons (Fsp3) is 0.914. The van der Waals surface area contributed by atoms with Crippen molar-refractivity contribution in [3.8, 4) is 0 Å². The number of cyclic esters (lactones) is 1. The van der Waals surface area contributed by atoms with Crippen molar-refractivity contribution in [2.24, 2.45) is 28.6 Å². The predicted octanol–water partition coefficient (Wildman–Crippen LogP) is -0.603. The molecule has 14 nitrogen and oxygen atoms in total. The fourth-order valence-electron chi connectivity index (χ4n) is 11.5. The minimum atomic E-state index is -1.62. The predicted molar refractivity (Wildman–Crippen MR) is 167 cm³/mol. The van der Waals surface area contributed by atoms with Crippen LogP contribution in [0.4, 0.5) is 0 Å². The van der Waals surface area contributed by atoms with Crippen LogP contribution < -0.4 is 0 Å². The highest BCUT2D eigenvalue weighted by atomic mass is 16.7. The van der Waals surface area contributed by atoms with Crippen molar-refractivity contribution in [3.05, 3.63) is 11.6 Å². The van der Waals surface area contributed by atoms with E-state index >= 15 is 0 Å². The average Bonchev–Trinajstić information content (AvgIpc) is 3.61. The molecule has 6 fully saturated rings. The molecule has 2 saturated heterocycles. The number of fused-ring (bicyclic) bond motifs is 5. The van der Waals surface area contributed by atoms with Crippen LogP contribution in [0.1, 0.15) is 78.1 Å². The molecule has 278 valence electrons. The highest BCUT2D eigenvalue weighted by molar-refractivity contribution is 5.85. The standard InChI is InChI=1S/C35H54O14/c1-17-30(49-31-29(42)28(41)27(40)24(14-36)48-31)23(38)12-26(46-17)47-19-3-8-33(16-37)21-4-7-32(2)20(18-11-25(39)45-15-18)6-10-35(32,44)22(21)5-9-34(33,43)13-19/h11,17,19-24,26-31,36-38,40-44H,3-10,12-16H2,1-2H3/t17-,19+,20+,21+,22-,23-,24-,26+,27-,28+,29-,30-,31+,32+,33-,34-,35-/m0/s1. The molecule has 4 saturated carbocycles. The molecule has 3 aliphatic heterocycles. The quantitative estimate of drug-likeness (QED) is 0.123. The van der Waals surface area contributed by atoms with Crippen LogP contribution in [-0.2, 0) is 28.5 Å². The average molecular weight is 699 g/mol. The normalized spacial score (nSPS) is 54.4. The Labute approximate surface area is 285 Å². The van der Waals surface area contributed by atoms with Crippen LogP contribution in [0, 0.1) is 28.6 Å². The van der Waals surface area contributed by atoms with Gasteiger partial charge in [0, 0.05) is 29.7 Å². The van der Waals surface area contributed by atoms with Crippen LogP contribution in [0.2, 0.25) is 0 Å². The number of aliphatic hydroxyl groups excluding tert-OH is 6. The van der Waals surface area contributed by atoms with Gasteiger partial charge in [-0.15, -0.1) is 0 Å². The summed E-state index contributed by atoms with van der Waals surface area (Å²) in [5.74, 6) is -0.460. The van der Waals surface area contributed by atoms with E-state index in [2.05, 4.69) is 6.92 Å². The summed E-state index contributed by atoms with van der Waals surface area (Å²) in [6.07, 6.45) is -4.56. The number of rotatable bonds is 7. The number of esters is 1. The zero-order valence-electron chi connectivity index (χ0n) is 28.3. The summed E-state index contributed by atoms with van der Waals surface area (Å²) in [6.45, 7) is 3.28. The van der Waals surface area contributed by atoms with Gasteiger partial charge in [0.05, 0.1) is 42.7 Å². The van der Waals surface area contributed by atoms with E-state index < -0.39 is 90.1 Å². The summed E-state index contributed by atoms with van der Waals surface area (Å²) >= 11 is 0. The minimum absolute atomic E-state index is 0.0249. The summed E-state index contributed by atoms with van der Waals surface area (Å²) in [5.41, 5.74) is -2.49. The molecule has 0 unspecified atom stereocenters. The molecule has 7 aliphatic rings. The number of hydrogen-bond donors (Lipinski definition) is 8. The molecule has 0 spiro atoms. The van der Waals surface area contributed by atoms with Gasteiger partial charge in [0.1, 0.15) is 37.1 Å². The zero-order chi connectivity index (χ0) is 35.1. The number of hydrogen-bond acceptors (Lipinski definition) is 14. The number of carbonyl (C=O) groups excluding carboxylic acids is 1. The molecular weight excluding hydrogens is 644 g/mol. The first-order chi connectivity index (χ1) is 23.2. The van der Waals surface area contributed by atoms with Crippen molar-refractivity contribution in [1.82, 2.24) is 0 Å². The van der Waals surface area contributed by atoms with Gasteiger partial charge in [0.25, 0.3) is 0 Å². The third-order valence-corrected chi connectivity index (χ3v) is 14.2. The summed E-state index contributed by atoms with van der Waals surface area (Å²) in [7, 11) is 0. The maximum atomic E-state index is 12.5. The molecule has 0 amide bonds. The van der Waals surface area contributed by atoms with Crippen molar-refractivity contribution in [2.45, 2.75) is 151 Å². The Morgan fingerprint density at radius 1 is 0.898 bits per heavy atom. The van der Waals surface area contributed by atoms with Gasteiger partial charge >= 0.3 is 5.97 Å². The van der Waals surface area contributed by atoms with Gasteiger partial charge in [0.2, 0.25) is 0 Å². The molecule has 7 rings (SSSR count). The third kappa shape index (κ3) is 5.56. The van der Waals surface area contributed by atoms with Crippen molar-refractivity contribution >= 4 is 5.97 Å². The number of aliphatic hydroxyl groups is 8.